The van der Waals surface area contributed by atoms with Gasteiger partial charge >= 0.3 is 0 Å². The summed E-state index contributed by atoms with van der Waals surface area (Å²) in [7, 11) is 0. The molecule has 1 nitrogen and oxygen atoms in total. The Morgan fingerprint density at radius 3 is 1.41 bits per heavy atom. The third-order valence-electron chi connectivity index (χ3n) is 6.01. The topological polar surface area (TPSA) is 26.0 Å². The predicted molar refractivity (Wildman–Crippen MR) is 134 cm³/mol. The van der Waals surface area contributed by atoms with Gasteiger partial charge in [-0.15, -0.1) is 12.4 Å². The number of aryl methyl sites for hydroxylation is 1. The Balaban J connectivity index is 0.00000784. The van der Waals surface area contributed by atoms with Gasteiger partial charge in [-0.1, -0.05) is 128 Å². The molecule has 0 saturated heterocycles. The first-order chi connectivity index (χ1) is 13.6. The van der Waals surface area contributed by atoms with Gasteiger partial charge < -0.3 is 5.73 Å². The summed E-state index contributed by atoms with van der Waals surface area (Å²) >= 11 is 0. The Bertz CT molecular complexity index is 478. The molecule has 0 aliphatic carbocycles. The van der Waals surface area contributed by atoms with Crippen LogP contribution in [0.3, 0.4) is 0 Å². The molecule has 2 N–H and O–H groups in total. The van der Waals surface area contributed by atoms with Crippen LogP contribution in [0.25, 0.3) is 0 Å². The zero-order chi connectivity index (χ0) is 20.5. The highest BCUT2D eigenvalue weighted by atomic mass is 35.5. The summed E-state index contributed by atoms with van der Waals surface area (Å²) in [5.74, 6) is 0. The summed E-state index contributed by atoms with van der Waals surface area (Å²) in [5.41, 5.74) is 8.85. The number of nitrogens with two attached hydrogens (primary N) is 1. The predicted octanol–water partition coefficient (Wildman–Crippen LogP) is 9.11. The molecular weight excluding hydrogens is 374 g/mol. The lowest BCUT2D eigenvalue weighted by atomic mass is 9.89. The van der Waals surface area contributed by atoms with E-state index in [1.165, 1.54) is 120 Å². The Hall–Kier alpha value is -0.530. The molecule has 0 atom stereocenters. The van der Waals surface area contributed by atoms with E-state index in [1.807, 2.05) is 0 Å². The quantitative estimate of drug-likeness (QED) is 0.234. The monoisotopic (exact) mass is 423 g/mol. The summed E-state index contributed by atoms with van der Waals surface area (Å²) < 4.78 is 0. The Morgan fingerprint density at radius 1 is 0.621 bits per heavy atom. The molecule has 0 aliphatic heterocycles. The lowest BCUT2D eigenvalue weighted by Gasteiger charge is -2.23. The highest BCUT2D eigenvalue weighted by Gasteiger charge is 2.17. The van der Waals surface area contributed by atoms with Crippen molar-refractivity contribution in [1.29, 1.82) is 0 Å². The zero-order valence-electron chi connectivity index (χ0n) is 19.8. The number of rotatable bonds is 18. The summed E-state index contributed by atoms with van der Waals surface area (Å²) in [4.78, 5) is 0. The van der Waals surface area contributed by atoms with Gasteiger partial charge in [-0.2, -0.15) is 0 Å². The zero-order valence-corrected chi connectivity index (χ0v) is 20.6. The maximum Gasteiger partial charge on any atom is 0.0355 e. The molecule has 0 radical (unpaired) electrons. The first kappa shape index (κ1) is 28.5. The van der Waals surface area contributed by atoms with Crippen molar-refractivity contribution in [1.82, 2.24) is 0 Å². The largest absolute Gasteiger partial charge is 0.322 e. The molecule has 0 saturated carbocycles. The number of hydrogen-bond acceptors (Lipinski definition) is 1. The van der Waals surface area contributed by atoms with E-state index in [-0.39, 0.29) is 17.9 Å². The van der Waals surface area contributed by atoms with Crippen molar-refractivity contribution in [3.63, 3.8) is 0 Å². The lowest BCUT2D eigenvalue weighted by molar-refractivity contribution is 0.527. The number of benzene rings is 1. The normalized spacial score (nSPS) is 11.4. The fourth-order valence-corrected chi connectivity index (χ4v) is 4.23. The van der Waals surface area contributed by atoms with Crippen molar-refractivity contribution in [3.8, 4) is 0 Å². The highest BCUT2D eigenvalue weighted by Crippen LogP contribution is 2.23. The van der Waals surface area contributed by atoms with Gasteiger partial charge in [0.1, 0.15) is 0 Å². The van der Waals surface area contributed by atoms with Crippen LogP contribution in [-0.2, 0) is 12.0 Å². The number of hydrogen-bond donors (Lipinski definition) is 1. The van der Waals surface area contributed by atoms with E-state index in [9.17, 15) is 0 Å². The summed E-state index contributed by atoms with van der Waals surface area (Å²) in [5, 5.41) is 0. The van der Waals surface area contributed by atoms with Crippen LogP contribution in [0.15, 0.2) is 24.3 Å². The van der Waals surface area contributed by atoms with Crippen molar-refractivity contribution in [2.75, 3.05) is 0 Å². The highest BCUT2D eigenvalue weighted by molar-refractivity contribution is 5.85. The van der Waals surface area contributed by atoms with Gasteiger partial charge in [0.25, 0.3) is 0 Å². The molecule has 1 rings (SSSR count). The molecule has 0 aromatic heterocycles. The minimum Gasteiger partial charge on any atom is -0.322 e. The third-order valence-corrected chi connectivity index (χ3v) is 6.01. The van der Waals surface area contributed by atoms with Crippen LogP contribution in [-0.4, -0.2) is 0 Å². The molecule has 0 heterocycles. The fraction of sp³-hybridized carbons (Fsp3) is 0.778. The lowest BCUT2D eigenvalue weighted by Crippen LogP contribution is -2.30. The van der Waals surface area contributed by atoms with Gasteiger partial charge in [0.2, 0.25) is 0 Å². The maximum atomic E-state index is 6.32. The van der Waals surface area contributed by atoms with E-state index in [1.54, 1.807) is 0 Å². The molecule has 1 aromatic rings. The third kappa shape index (κ3) is 15.0. The van der Waals surface area contributed by atoms with E-state index in [0.717, 1.165) is 0 Å². The van der Waals surface area contributed by atoms with Crippen LogP contribution in [0.5, 0.6) is 0 Å². The fourth-order valence-electron chi connectivity index (χ4n) is 4.23. The molecule has 0 spiro atoms. The molecule has 0 bridgehead atoms. The van der Waals surface area contributed by atoms with Gasteiger partial charge in [-0.25, -0.2) is 0 Å². The summed E-state index contributed by atoms with van der Waals surface area (Å²) in [6.07, 6.45) is 24.0. The van der Waals surface area contributed by atoms with Gasteiger partial charge in [0.05, 0.1) is 0 Å². The van der Waals surface area contributed by atoms with Gasteiger partial charge in [-0.3, -0.25) is 0 Å². The molecule has 0 fully saturated rings. The van der Waals surface area contributed by atoms with Crippen LogP contribution in [0.1, 0.15) is 135 Å². The van der Waals surface area contributed by atoms with Crippen LogP contribution in [0.4, 0.5) is 0 Å². The average Bonchev–Trinajstić information content (AvgIpc) is 2.67. The molecule has 170 valence electrons. The standard InChI is InChI=1S/C27H49N.ClH/c1-4-5-6-7-8-9-10-11-12-13-14-15-16-17-18-19-22-25-23-20-21-24-26(25)27(2,3)28;/h20-21,23-24H,4-19,22,28H2,1-3H3;1H. The van der Waals surface area contributed by atoms with Crippen molar-refractivity contribution in [2.45, 2.75) is 135 Å². The number of halogens is 1. The van der Waals surface area contributed by atoms with Gasteiger partial charge in [0.15, 0.2) is 0 Å². The first-order valence-corrected chi connectivity index (χ1v) is 12.4. The van der Waals surface area contributed by atoms with Gasteiger partial charge in [-0.05, 0) is 37.8 Å². The Labute approximate surface area is 189 Å². The van der Waals surface area contributed by atoms with Crippen LogP contribution >= 0.6 is 12.4 Å². The van der Waals surface area contributed by atoms with Gasteiger partial charge in [0, 0.05) is 5.54 Å². The summed E-state index contributed by atoms with van der Waals surface area (Å²) in [6, 6.07) is 8.72. The minimum absolute atomic E-state index is 0. The van der Waals surface area contributed by atoms with Crippen LogP contribution in [0, 0.1) is 0 Å². The average molecular weight is 424 g/mol. The number of unbranched alkanes of at least 4 members (excludes halogenated alkanes) is 15. The molecule has 0 amide bonds. The minimum atomic E-state index is -0.231. The van der Waals surface area contributed by atoms with E-state index >= 15 is 0 Å². The molecular formula is C27H50ClN. The van der Waals surface area contributed by atoms with Crippen LogP contribution < -0.4 is 5.73 Å². The summed E-state index contributed by atoms with van der Waals surface area (Å²) in [6.45, 7) is 6.52. The second kappa shape index (κ2) is 18.3. The second-order valence-electron chi connectivity index (χ2n) is 9.43. The van der Waals surface area contributed by atoms with Crippen molar-refractivity contribution < 1.29 is 0 Å². The molecule has 0 unspecified atom stereocenters. The first-order valence-electron chi connectivity index (χ1n) is 12.4. The molecule has 29 heavy (non-hydrogen) atoms. The van der Waals surface area contributed by atoms with E-state index < -0.39 is 0 Å². The Kier molecular flexibility index (Phi) is 17.9. The second-order valence-corrected chi connectivity index (χ2v) is 9.43. The van der Waals surface area contributed by atoms with Crippen molar-refractivity contribution in [2.24, 2.45) is 5.73 Å². The smallest absolute Gasteiger partial charge is 0.0355 e. The maximum absolute atomic E-state index is 6.32. The van der Waals surface area contributed by atoms with E-state index in [4.69, 9.17) is 5.73 Å². The molecule has 1 aromatic carbocycles. The molecule has 2 heteroatoms. The van der Waals surface area contributed by atoms with Crippen molar-refractivity contribution in [3.05, 3.63) is 35.4 Å². The van der Waals surface area contributed by atoms with Crippen LogP contribution in [0.2, 0.25) is 0 Å². The van der Waals surface area contributed by atoms with Crippen molar-refractivity contribution >= 4 is 12.4 Å². The van der Waals surface area contributed by atoms with E-state index in [2.05, 4.69) is 45.0 Å². The molecule has 0 aliphatic rings. The van der Waals surface area contributed by atoms with E-state index in [0.29, 0.717) is 0 Å². The SMILES string of the molecule is CCCCCCCCCCCCCCCCCCc1ccccc1C(C)(C)N.Cl. The Morgan fingerprint density at radius 2 is 1.00 bits per heavy atom.